The summed E-state index contributed by atoms with van der Waals surface area (Å²) in [4.78, 5) is 6.61. The zero-order valence-electron chi connectivity index (χ0n) is 11.2. The summed E-state index contributed by atoms with van der Waals surface area (Å²) in [5.74, 6) is 0.855. The number of morpholine rings is 1. The van der Waals surface area contributed by atoms with Crippen molar-refractivity contribution < 1.29 is 4.74 Å². The molecule has 1 aliphatic heterocycles. The summed E-state index contributed by atoms with van der Waals surface area (Å²) in [7, 11) is 0. The summed E-state index contributed by atoms with van der Waals surface area (Å²) in [6.07, 6.45) is 1.77. The molecule has 0 amide bonds. The number of amidine groups is 1. The van der Waals surface area contributed by atoms with Crippen molar-refractivity contribution in [3.63, 3.8) is 0 Å². The van der Waals surface area contributed by atoms with Gasteiger partial charge in [0.15, 0.2) is 0 Å². The van der Waals surface area contributed by atoms with Crippen LogP contribution in [-0.4, -0.2) is 36.1 Å². The first kappa shape index (κ1) is 12.8. The molecule has 0 bridgehead atoms. The molecule has 5 heteroatoms. The number of nitrogen functional groups attached to an aromatic ring is 1. The monoisotopic (exact) mass is 248 g/mol. The van der Waals surface area contributed by atoms with Crippen LogP contribution in [-0.2, 0) is 4.74 Å². The van der Waals surface area contributed by atoms with Gasteiger partial charge < -0.3 is 15.4 Å². The molecule has 1 aliphatic rings. The molecular weight excluding hydrogens is 228 g/mol. The summed E-state index contributed by atoms with van der Waals surface area (Å²) in [6.45, 7) is 8.27. The lowest BCUT2D eigenvalue weighted by Crippen LogP contribution is -2.54. The Bertz CT molecular complexity index is 470. The van der Waals surface area contributed by atoms with E-state index in [0.29, 0.717) is 13.2 Å². The molecule has 0 unspecified atom stereocenters. The van der Waals surface area contributed by atoms with Crippen molar-refractivity contribution >= 4 is 11.7 Å². The molecule has 0 aromatic carbocycles. The summed E-state index contributed by atoms with van der Waals surface area (Å²) in [6, 6.07) is 1.88. The molecule has 98 valence electrons. The van der Waals surface area contributed by atoms with Crippen molar-refractivity contribution in [1.29, 1.82) is 5.41 Å². The van der Waals surface area contributed by atoms with Gasteiger partial charge in [0, 0.05) is 12.7 Å². The third-order valence-corrected chi connectivity index (χ3v) is 3.31. The van der Waals surface area contributed by atoms with E-state index < -0.39 is 0 Å². The molecule has 1 fully saturated rings. The molecular formula is C13H20N4O. The van der Waals surface area contributed by atoms with Crippen molar-refractivity contribution in [2.45, 2.75) is 26.3 Å². The van der Waals surface area contributed by atoms with Crippen molar-refractivity contribution in [3.8, 4) is 0 Å². The van der Waals surface area contributed by atoms with Gasteiger partial charge in [-0.3, -0.25) is 5.41 Å². The Morgan fingerprint density at radius 2 is 2.28 bits per heavy atom. The maximum Gasteiger partial charge on any atom is 0.140 e. The number of ether oxygens (including phenoxy) is 1. The van der Waals surface area contributed by atoms with Crippen molar-refractivity contribution in [3.05, 3.63) is 23.4 Å². The zero-order chi connectivity index (χ0) is 13.3. The first-order valence-electron chi connectivity index (χ1n) is 6.09. The average Bonchev–Trinajstić information content (AvgIpc) is 2.27. The highest BCUT2D eigenvalue weighted by Gasteiger charge is 2.33. The second-order valence-electron chi connectivity index (χ2n) is 5.26. The summed E-state index contributed by atoms with van der Waals surface area (Å²) < 4.78 is 5.51. The fourth-order valence-electron chi connectivity index (χ4n) is 2.33. The minimum Gasteiger partial charge on any atom is -0.384 e. The zero-order valence-corrected chi connectivity index (χ0v) is 11.2. The number of nitrogens with zero attached hydrogens (tertiary/aromatic N) is 2. The van der Waals surface area contributed by atoms with Crippen molar-refractivity contribution in [2.24, 2.45) is 5.73 Å². The molecule has 1 aromatic heterocycles. The Balaban J connectivity index is 2.50. The largest absolute Gasteiger partial charge is 0.384 e. The summed E-state index contributed by atoms with van der Waals surface area (Å²) in [5, 5.41) is 7.74. The van der Waals surface area contributed by atoms with Crippen LogP contribution in [0, 0.1) is 12.3 Å². The lowest BCUT2D eigenvalue weighted by molar-refractivity contribution is 0.0639. The molecule has 1 saturated heterocycles. The molecule has 18 heavy (non-hydrogen) atoms. The van der Waals surface area contributed by atoms with Gasteiger partial charge in [0.1, 0.15) is 11.7 Å². The molecule has 0 aliphatic carbocycles. The number of hydrogen-bond acceptors (Lipinski definition) is 4. The summed E-state index contributed by atoms with van der Waals surface area (Å²) >= 11 is 0. The van der Waals surface area contributed by atoms with E-state index in [9.17, 15) is 0 Å². The number of nitrogens with one attached hydrogen (secondary N) is 1. The van der Waals surface area contributed by atoms with Crippen LogP contribution in [0.1, 0.15) is 25.0 Å². The summed E-state index contributed by atoms with van der Waals surface area (Å²) in [5.41, 5.74) is 7.27. The van der Waals surface area contributed by atoms with E-state index in [2.05, 4.69) is 23.7 Å². The van der Waals surface area contributed by atoms with E-state index in [1.54, 1.807) is 6.20 Å². The van der Waals surface area contributed by atoms with Crippen LogP contribution >= 0.6 is 0 Å². The number of hydrogen-bond donors (Lipinski definition) is 2. The van der Waals surface area contributed by atoms with Gasteiger partial charge in [-0.1, -0.05) is 0 Å². The molecule has 2 rings (SSSR count). The molecule has 5 nitrogen and oxygen atoms in total. The second-order valence-corrected chi connectivity index (χ2v) is 5.26. The predicted octanol–water partition coefficient (Wildman–Crippen LogP) is 1.29. The first-order chi connectivity index (χ1) is 8.43. The van der Waals surface area contributed by atoms with Crippen LogP contribution in [0.25, 0.3) is 0 Å². The van der Waals surface area contributed by atoms with E-state index in [4.69, 9.17) is 15.9 Å². The Labute approximate surface area is 107 Å². The molecule has 0 atom stereocenters. The van der Waals surface area contributed by atoms with E-state index >= 15 is 0 Å². The normalized spacial score (nSPS) is 18.7. The van der Waals surface area contributed by atoms with Gasteiger partial charge in [-0.25, -0.2) is 4.98 Å². The highest BCUT2D eigenvalue weighted by molar-refractivity contribution is 6.01. The second kappa shape index (κ2) is 4.57. The number of nitrogens with two attached hydrogens (primary N) is 1. The maximum atomic E-state index is 7.74. The van der Waals surface area contributed by atoms with Crippen molar-refractivity contribution in [2.75, 3.05) is 24.7 Å². The molecule has 0 radical (unpaired) electrons. The standard InChI is InChI=1S/C13H20N4O/c1-9-4-5-16-12(10(9)11(14)15)17-6-7-18-8-13(17,2)3/h4-5H,6-8H2,1-3H3,(H3,14,15). The lowest BCUT2D eigenvalue weighted by atomic mass is 10.00. The number of rotatable bonds is 2. The Kier molecular flexibility index (Phi) is 3.26. The van der Waals surface area contributed by atoms with Crippen LogP contribution in [0.3, 0.4) is 0 Å². The van der Waals surface area contributed by atoms with Gasteiger partial charge in [0.25, 0.3) is 0 Å². The first-order valence-corrected chi connectivity index (χ1v) is 6.09. The van der Waals surface area contributed by atoms with Crippen LogP contribution in [0.2, 0.25) is 0 Å². The van der Waals surface area contributed by atoms with Gasteiger partial charge in [-0.2, -0.15) is 0 Å². The van der Waals surface area contributed by atoms with Gasteiger partial charge >= 0.3 is 0 Å². The average molecular weight is 248 g/mol. The van der Waals surface area contributed by atoms with E-state index in [1.807, 2.05) is 13.0 Å². The van der Waals surface area contributed by atoms with Crippen LogP contribution in [0.5, 0.6) is 0 Å². The number of anilines is 1. The molecule has 2 heterocycles. The van der Waals surface area contributed by atoms with Crippen LogP contribution in [0.4, 0.5) is 5.82 Å². The minimum atomic E-state index is -0.136. The predicted molar refractivity (Wildman–Crippen MR) is 72.2 cm³/mol. The van der Waals surface area contributed by atoms with E-state index in [1.165, 1.54) is 0 Å². The van der Waals surface area contributed by atoms with Gasteiger partial charge in [0.2, 0.25) is 0 Å². The highest BCUT2D eigenvalue weighted by Crippen LogP contribution is 2.29. The maximum absolute atomic E-state index is 7.74. The van der Waals surface area contributed by atoms with Crippen molar-refractivity contribution in [1.82, 2.24) is 4.98 Å². The lowest BCUT2D eigenvalue weighted by Gasteiger charge is -2.43. The van der Waals surface area contributed by atoms with Crippen LogP contribution in [0.15, 0.2) is 12.3 Å². The minimum absolute atomic E-state index is 0.0675. The number of pyridine rings is 1. The molecule has 0 saturated carbocycles. The van der Waals surface area contributed by atoms with E-state index in [-0.39, 0.29) is 11.4 Å². The topological polar surface area (TPSA) is 75.2 Å². The number of aromatic nitrogens is 1. The Morgan fingerprint density at radius 3 is 2.89 bits per heavy atom. The van der Waals surface area contributed by atoms with Gasteiger partial charge in [-0.15, -0.1) is 0 Å². The van der Waals surface area contributed by atoms with Gasteiger partial charge in [-0.05, 0) is 32.4 Å². The smallest absolute Gasteiger partial charge is 0.140 e. The van der Waals surface area contributed by atoms with Gasteiger partial charge in [0.05, 0.1) is 24.3 Å². The Morgan fingerprint density at radius 1 is 1.56 bits per heavy atom. The SMILES string of the molecule is Cc1ccnc(N2CCOCC2(C)C)c1C(=N)N. The Hall–Kier alpha value is -1.62. The number of aryl methyl sites for hydroxylation is 1. The molecule has 3 N–H and O–H groups in total. The van der Waals surface area contributed by atoms with E-state index in [0.717, 1.165) is 23.5 Å². The fourth-order valence-corrected chi connectivity index (χ4v) is 2.33. The fraction of sp³-hybridized carbons (Fsp3) is 0.538. The van der Waals surface area contributed by atoms with Crippen LogP contribution < -0.4 is 10.6 Å². The third-order valence-electron chi connectivity index (χ3n) is 3.31. The third kappa shape index (κ3) is 2.18. The molecule has 0 spiro atoms. The quantitative estimate of drug-likeness (QED) is 0.611. The molecule has 1 aromatic rings. The highest BCUT2D eigenvalue weighted by atomic mass is 16.5.